The fourth-order valence-corrected chi connectivity index (χ4v) is 1.74. The van der Waals surface area contributed by atoms with Crippen LogP contribution in [0.15, 0.2) is 18.6 Å². The van der Waals surface area contributed by atoms with Crippen molar-refractivity contribution in [3.63, 3.8) is 0 Å². The molecule has 0 amide bonds. The molecular weight excluding hydrogens is 190 g/mol. The number of nitrogens with two attached hydrogens (primary N) is 1. The van der Waals surface area contributed by atoms with E-state index < -0.39 is 0 Å². The van der Waals surface area contributed by atoms with E-state index in [4.69, 9.17) is 5.73 Å². The van der Waals surface area contributed by atoms with E-state index in [2.05, 4.69) is 15.1 Å². The van der Waals surface area contributed by atoms with Crippen molar-refractivity contribution in [1.29, 1.82) is 0 Å². The molecule has 2 heterocycles. The summed E-state index contributed by atoms with van der Waals surface area (Å²) in [5.74, 6) is 0.661. The number of hydrogen-bond donors (Lipinski definition) is 1. The summed E-state index contributed by atoms with van der Waals surface area (Å²) in [7, 11) is 0. The lowest BCUT2D eigenvalue weighted by Crippen LogP contribution is -2.22. The Hall–Kier alpha value is -1.49. The highest BCUT2D eigenvalue weighted by molar-refractivity contribution is 5.27. The summed E-state index contributed by atoms with van der Waals surface area (Å²) in [5.41, 5.74) is 7.22. The van der Waals surface area contributed by atoms with Gasteiger partial charge in [-0.25, -0.2) is 14.5 Å². The minimum absolute atomic E-state index is 0.0896. The molecule has 3 rings (SSSR count). The lowest BCUT2D eigenvalue weighted by Gasteiger charge is -2.06. The van der Waals surface area contributed by atoms with Crippen molar-refractivity contribution in [3.05, 3.63) is 24.3 Å². The van der Waals surface area contributed by atoms with Gasteiger partial charge in [0, 0.05) is 5.54 Å². The summed E-state index contributed by atoms with van der Waals surface area (Å²) in [6.07, 6.45) is 9.39. The fourth-order valence-electron chi connectivity index (χ4n) is 1.74. The predicted molar refractivity (Wildman–Crippen MR) is 55.3 cm³/mol. The van der Waals surface area contributed by atoms with E-state index in [1.807, 2.05) is 6.20 Å². The van der Waals surface area contributed by atoms with E-state index in [1.165, 1.54) is 0 Å². The first kappa shape index (κ1) is 8.79. The zero-order valence-electron chi connectivity index (χ0n) is 8.43. The van der Waals surface area contributed by atoms with Gasteiger partial charge in [-0.15, -0.1) is 0 Å². The van der Waals surface area contributed by atoms with E-state index in [-0.39, 0.29) is 5.54 Å². The molecule has 5 heteroatoms. The van der Waals surface area contributed by atoms with Gasteiger partial charge in [-0.1, -0.05) is 0 Å². The van der Waals surface area contributed by atoms with Crippen LogP contribution in [0.25, 0.3) is 5.78 Å². The first-order valence-corrected chi connectivity index (χ1v) is 5.19. The Morgan fingerprint density at radius 3 is 3.00 bits per heavy atom. The Morgan fingerprint density at radius 1 is 1.33 bits per heavy atom. The monoisotopic (exact) mass is 203 g/mol. The standard InChI is InChI=1S/C10H13N5/c11-10(3-4-10)2-1-8-7-13-9-12-5-6-14-15(8)9/h5-7H,1-4,11H2. The molecule has 78 valence electrons. The summed E-state index contributed by atoms with van der Waals surface area (Å²) in [5, 5.41) is 4.21. The maximum Gasteiger partial charge on any atom is 0.250 e. The quantitative estimate of drug-likeness (QED) is 0.790. The third-order valence-corrected chi connectivity index (χ3v) is 3.00. The predicted octanol–water partition coefficient (Wildman–Crippen LogP) is 0.548. The second kappa shape index (κ2) is 3.00. The van der Waals surface area contributed by atoms with E-state index in [0.717, 1.165) is 31.4 Å². The summed E-state index contributed by atoms with van der Waals surface area (Å²) < 4.78 is 1.78. The highest BCUT2D eigenvalue weighted by Crippen LogP contribution is 2.36. The zero-order chi connectivity index (χ0) is 10.3. The number of hydrogen-bond acceptors (Lipinski definition) is 4. The van der Waals surface area contributed by atoms with Gasteiger partial charge in [0.1, 0.15) is 0 Å². The van der Waals surface area contributed by atoms with Crippen molar-refractivity contribution < 1.29 is 0 Å². The van der Waals surface area contributed by atoms with E-state index >= 15 is 0 Å². The number of rotatable bonds is 3. The molecule has 2 aromatic heterocycles. The van der Waals surface area contributed by atoms with E-state index in [1.54, 1.807) is 16.9 Å². The topological polar surface area (TPSA) is 69.1 Å². The lowest BCUT2D eigenvalue weighted by molar-refractivity contribution is 0.596. The highest BCUT2D eigenvalue weighted by Gasteiger charge is 2.37. The van der Waals surface area contributed by atoms with Crippen LogP contribution >= 0.6 is 0 Å². The van der Waals surface area contributed by atoms with E-state index in [0.29, 0.717) is 5.78 Å². The van der Waals surface area contributed by atoms with Crippen LogP contribution in [0, 0.1) is 0 Å². The van der Waals surface area contributed by atoms with Gasteiger partial charge < -0.3 is 5.73 Å². The van der Waals surface area contributed by atoms with Crippen LogP contribution in [-0.4, -0.2) is 25.1 Å². The number of aromatic nitrogens is 4. The van der Waals surface area contributed by atoms with Crippen molar-refractivity contribution >= 4 is 5.78 Å². The first-order chi connectivity index (χ1) is 7.27. The summed E-state index contributed by atoms with van der Waals surface area (Å²) in [4.78, 5) is 8.31. The van der Waals surface area contributed by atoms with Gasteiger partial charge in [0.25, 0.3) is 5.78 Å². The second-order valence-electron chi connectivity index (χ2n) is 4.27. The largest absolute Gasteiger partial charge is 0.325 e. The van der Waals surface area contributed by atoms with Gasteiger partial charge in [-0.05, 0) is 25.7 Å². The molecule has 15 heavy (non-hydrogen) atoms. The smallest absolute Gasteiger partial charge is 0.250 e. The van der Waals surface area contributed by atoms with Crippen LogP contribution in [0.3, 0.4) is 0 Å². The molecule has 2 N–H and O–H groups in total. The Morgan fingerprint density at radius 2 is 2.20 bits per heavy atom. The van der Waals surface area contributed by atoms with Crippen molar-refractivity contribution in [3.8, 4) is 0 Å². The molecule has 0 aromatic carbocycles. The molecule has 1 saturated carbocycles. The third-order valence-electron chi connectivity index (χ3n) is 3.00. The minimum Gasteiger partial charge on any atom is -0.325 e. The molecule has 0 atom stereocenters. The summed E-state index contributed by atoms with van der Waals surface area (Å²) >= 11 is 0. The first-order valence-electron chi connectivity index (χ1n) is 5.19. The minimum atomic E-state index is 0.0896. The average molecular weight is 203 g/mol. The molecule has 1 fully saturated rings. The molecule has 0 radical (unpaired) electrons. The molecule has 0 spiro atoms. The average Bonchev–Trinajstić information content (AvgIpc) is 2.86. The molecule has 2 aromatic rings. The van der Waals surface area contributed by atoms with Crippen LogP contribution < -0.4 is 5.73 Å². The maximum atomic E-state index is 6.04. The van der Waals surface area contributed by atoms with Crippen molar-refractivity contribution in [2.45, 2.75) is 31.2 Å². The molecular formula is C10H13N5. The Bertz CT molecular complexity index is 485. The fraction of sp³-hybridized carbons (Fsp3) is 0.500. The van der Waals surface area contributed by atoms with Crippen LogP contribution in [0.2, 0.25) is 0 Å². The van der Waals surface area contributed by atoms with Gasteiger partial charge >= 0.3 is 0 Å². The molecule has 1 aliphatic rings. The Kier molecular flexibility index (Phi) is 1.76. The third kappa shape index (κ3) is 1.59. The van der Waals surface area contributed by atoms with Crippen LogP contribution in [0.4, 0.5) is 0 Å². The van der Waals surface area contributed by atoms with Crippen LogP contribution in [-0.2, 0) is 6.42 Å². The number of fused-ring (bicyclic) bond motifs is 1. The Labute approximate surface area is 87.3 Å². The Balaban J connectivity index is 1.84. The van der Waals surface area contributed by atoms with Gasteiger partial charge in [0.05, 0.1) is 24.3 Å². The van der Waals surface area contributed by atoms with Crippen molar-refractivity contribution in [1.82, 2.24) is 19.6 Å². The zero-order valence-corrected chi connectivity index (χ0v) is 8.43. The lowest BCUT2D eigenvalue weighted by atomic mass is 10.1. The van der Waals surface area contributed by atoms with E-state index in [9.17, 15) is 0 Å². The van der Waals surface area contributed by atoms with Gasteiger partial charge in [-0.2, -0.15) is 5.10 Å². The molecule has 0 bridgehead atoms. The summed E-state index contributed by atoms with van der Waals surface area (Å²) in [6.45, 7) is 0. The molecule has 0 saturated heterocycles. The molecule has 5 nitrogen and oxygen atoms in total. The normalized spacial score (nSPS) is 18.2. The maximum absolute atomic E-state index is 6.04. The van der Waals surface area contributed by atoms with Gasteiger partial charge in [-0.3, -0.25) is 0 Å². The molecule has 0 unspecified atom stereocenters. The highest BCUT2D eigenvalue weighted by atomic mass is 15.3. The van der Waals surface area contributed by atoms with Crippen LogP contribution in [0.1, 0.15) is 25.0 Å². The van der Waals surface area contributed by atoms with Crippen molar-refractivity contribution in [2.75, 3.05) is 0 Å². The molecule has 0 aliphatic heterocycles. The van der Waals surface area contributed by atoms with Crippen molar-refractivity contribution in [2.24, 2.45) is 5.73 Å². The number of imidazole rings is 1. The van der Waals surface area contributed by atoms with Crippen LogP contribution in [0.5, 0.6) is 0 Å². The second-order valence-corrected chi connectivity index (χ2v) is 4.27. The van der Waals surface area contributed by atoms with Gasteiger partial charge in [0.2, 0.25) is 0 Å². The number of aryl methyl sites for hydroxylation is 1. The SMILES string of the molecule is NC1(CCc2cnc3nccnn23)CC1. The summed E-state index contributed by atoms with van der Waals surface area (Å²) in [6, 6.07) is 0. The molecule has 1 aliphatic carbocycles. The van der Waals surface area contributed by atoms with Gasteiger partial charge in [0.15, 0.2) is 0 Å². The number of nitrogens with zero attached hydrogens (tertiary/aromatic N) is 4.